The van der Waals surface area contributed by atoms with Gasteiger partial charge in [0.2, 0.25) is 17.2 Å². The van der Waals surface area contributed by atoms with Gasteiger partial charge in [-0.15, -0.1) is 6.58 Å². The molecule has 0 saturated heterocycles. The zero-order valence-electron chi connectivity index (χ0n) is 8.79. The van der Waals surface area contributed by atoms with Crippen molar-refractivity contribution in [2.75, 3.05) is 17.2 Å². The largest absolute Gasteiger partial charge is 0.352 e. The zero-order chi connectivity index (χ0) is 11.3. The number of anilines is 2. The Hall–Kier alpha value is -1.36. The van der Waals surface area contributed by atoms with Crippen LogP contribution in [0, 0.1) is 0 Å². The summed E-state index contributed by atoms with van der Waals surface area (Å²) in [6.07, 6.45) is 1.72. The average Bonchev–Trinajstić information content (AvgIpc) is 2.12. The molecule has 0 aliphatic rings. The van der Waals surface area contributed by atoms with Crippen LogP contribution in [0.25, 0.3) is 0 Å². The number of nitrogens with one attached hydrogen (secondary N) is 2. The Morgan fingerprint density at radius 2 is 2.00 bits per heavy atom. The predicted octanol–water partition coefficient (Wildman–Crippen LogP) is 1.94. The third kappa shape index (κ3) is 4.12. The minimum Gasteiger partial charge on any atom is -0.352 e. The van der Waals surface area contributed by atoms with Crippen molar-refractivity contribution in [3.8, 4) is 0 Å². The number of rotatable bonds is 5. The molecule has 0 atom stereocenters. The van der Waals surface area contributed by atoms with E-state index in [-0.39, 0.29) is 11.3 Å². The molecule has 0 radical (unpaired) electrons. The second-order valence-electron chi connectivity index (χ2n) is 3.22. The Kier molecular flexibility index (Phi) is 4.30. The van der Waals surface area contributed by atoms with Crippen LogP contribution in [0.3, 0.4) is 0 Å². The quantitative estimate of drug-likeness (QED) is 0.753. The summed E-state index contributed by atoms with van der Waals surface area (Å²) in [7, 11) is 0. The standard InChI is InChI=1S/C9H14ClN5/c1-4-5-11-8-13-7(10)14-9(15-8)12-6(2)3/h4,6H,1,5H2,2-3H3,(H2,11,12,13,14,15). The molecule has 0 amide bonds. The second kappa shape index (κ2) is 5.50. The molecule has 1 heterocycles. The highest BCUT2D eigenvalue weighted by Gasteiger charge is 2.04. The van der Waals surface area contributed by atoms with Gasteiger partial charge < -0.3 is 10.6 Å². The summed E-state index contributed by atoms with van der Waals surface area (Å²) in [6, 6.07) is 0.246. The fourth-order valence-corrected chi connectivity index (χ4v) is 1.08. The minimum absolute atomic E-state index is 0.166. The summed E-state index contributed by atoms with van der Waals surface area (Å²) in [4.78, 5) is 12.0. The van der Waals surface area contributed by atoms with Crippen molar-refractivity contribution in [3.63, 3.8) is 0 Å². The Bertz CT molecular complexity index is 339. The van der Waals surface area contributed by atoms with Gasteiger partial charge in [0.15, 0.2) is 0 Å². The first-order valence-corrected chi connectivity index (χ1v) is 5.02. The van der Waals surface area contributed by atoms with Crippen LogP contribution in [0.1, 0.15) is 13.8 Å². The van der Waals surface area contributed by atoms with Gasteiger partial charge in [-0.25, -0.2) is 0 Å². The van der Waals surface area contributed by atoms with Crippen LogP contribution in [0.5, 0.6) is 0 Å². The maximum Gasteiger partial charge on any atom is 0.229 e. The van der Waals surface area contributed by atoms with E-state index < -0.39 is 0 Å². The van der Waals surface area contributed by atoms with Crippen LogP contribution < -0.4 is 10.6 Å². The van der Waals surface area contributed by atoms with Crippen LogP contribution in [0.15, 0.2) is 12.7 Å². The number of nitrogens with zero attached hydrogens (tertiary/aromatic N) is 3. The van der Waals surface area contributed by atoms with E-state index in [1.165, 1.54) is 0 Å². The van der Waals surface area contributed by atoms with Gasteiger partial charge in [0, 0.05) is 12.6 Å². The number of aromatic nitrogens is 3. The van der Waals surface area contributed by atoms with Gasteiger partial charge in [0.1, 0.15) is 0 Å². The monoisotopic (exact) mass is 227 g/mol. The third-order valence-electron chi connectivity index (χ3n) is 1.43. The maximum absolute atomic E-state index is 5.74. The lowest BCUT2D eigenvalue weighted by Crippen LogP contribution is -2.14. The number of hydrogen-bond donors (Lipinski definition) is 2. The zero-order valence-corrected chi connectivity index (χ0v) is 9.54. The minimum atomic E-state index is 0.166. The van der Waals surface area contributed by atoms with Crippen molar-refractivity contribution in [2.24, 2.45) is 0 Å². The first-order chi connectivity index (χ1) is 7.11. The second-order valence-corrected chi connectivity index (χ2v) is 3.56. The van der Waals surface area contributed by atoms with E-state index in [4.69, 9.17) is 11.6 Å². The number of hydrogen-bond acceptors (Lipinski definition) is 5. The molecule has 0 bridgehead atoms. The fraction of sp³-hybridized carbons (Fsp3) is 0.444. The highest BCUT2D eigenvalue weighted by molar-refractivity contribution is 6.28. The van der Waals surface area contributed by atoms with Crippen molar-refractivity contribution in [1.82, 2.24) is 15.0 Å². The molecule has 2 N–H and O–H groups in total. The Morgan fingerprint density at radius 3 is 2.60 bits per heavy atom. The Balaban J connectivity index is 2.79. The molecule has 0 aromatic carbocycles. The van der Waals surface area contributed by atoms with E-state index in [1.54, 1.807) is 6.08 Å². The average molecular weight is 228 g/mol. The van der Waals surface area contributed by atoms with Gasteiger partial charge in [-0.2, -0.15) is 15.0 Å². The maximum atomic E-state index is 5.74. The van der Waals surface area contributed by atoms with Crippen molar-refractivity contribution < 1.29 is 0 Å². The van der Waals surface area contributed by atoms with Gasteiger partial charge in [-0.05, 0) is 25.4 Å². The van der Waals surface area contributed by atoms with Gasteiger partial charge in [0.25, 0.3) is 0 Å². The lowest BCUT2D eigenvalue weighted by molar-refractivity contribution is 0.867. The Morgan fingerprint density at radius 1 is 1.33 bits per heavy atom. The summed E-state index contributed by atoms with van der Waals surface area (Å²) in [5, 5.41) is 6.16. The fourth-order valence-electron chi connectivity index (χ4n) is 0.915. The molecule has 0 spiro atoms. The van der Waals surface area contributed by atoms with Crippen molar-refractivity contribution >= 4 is 23.5 Å². The van der Waals surface area contributed by atoms with Crippen LogP contribution in [-0.4, -0.2) is 27.5 Å². The topological polar surface area (TPSA) is 62.7 Å². The molecule has 0 fully saturated rings. The molecule has 1 aromatic heterocycles. The SMILES string of the molecule is C=CCNc1nc(Cl)nc(NC(C)C)n1. The summed E-state index contributed by atoms with van der Waals surface area (Å²) < 4.78 is 0. The summed E-state index contributed by atoms with van der Waals surface area (Å²) in [6.45, 7) is 8.16. The highest BCUT2D eigenvalue weighted by atomic mass is 35.5. The van der Waals surface area contributed by atoms with E-state index >= 15 is 0 Å². The first kappa shape index (κ1) is 11.7. The van der Waals surface area contributed by atoms with E-state index in [1.807, 2.05) is 13.8 Å². The molecule has 15 heavy (non-hydrogen) atoms. The smallest absolute Gasteiger partial charge is 0.229 e. The summed E-state index contributed by atoms with van der Waals surface area (Å²) in [5.41, 5.74) is 0. The van der Waals surface area contributed by atoms with Crippen molar-refractivity contribution in [1.29, 1.82) is 0 Å². The molecule has 0 aliphatic heterocycles. The third-order valence-corrected chi connectivity index (χ3v) is 1.60. The van der Waals surface area contributed by atoms with Crippen LogP contribution in [0.2, 0.25) is 5.28 Å². The predicted molar refractivity (Wildman–Crippen MR) is 62.3 cm³/mol. The molecular formula is C9H14ClN5. The van der Waals surface area contributed by atoms with Gasteiger partial charge in [-0.3, -0.25) is 0 Å². The first-order valence-electron chi connectivity index (χ1n) is 4.64. The lowest BCUT2D eigenvalue weighted by atomic mass is 10.4. The van der Waals surface area contributed by atoms with Gasteiger partial charge in [-0.1, -0.05) is 6.08 Å². The van der Waals surface area contributed by atoms with Crippen LogP contribution >= 0.6 is 11.6 Å². The number of halogens is 1. The van der Waals surface area contributed by atoms with Gasteiger partial charge in [0.05, 0.1) is 0 Å². The molecule has 82 valence electrons. The van der Waals surface area contributed by atoms with E-state index in [9.17, 15) is 0 Å². The molecular weight excluding hydrogens is 214 g/mol. The van der Waals surface area contributed by atoms with Crippen molar-refractivity contribution in [3.05, 3.63) is 17.9 Å². The summed E-state index contributed by atoms with van der Waals surface area (Å²) in [5.74, 6) is 0.912. The Labute approximate surface area is 94.0 Å². The molecule has 0 unspecified atom stereocenters. The molecule has 0 saturated carbocycles. The van der Waals surface area contributed by atoms with Crippen LogP contribution in [-0.2, 0) is 0 Å². The van der Waals surface area contributed by atoms with Crippen molar-refractivity contribution in [2.45, 2.75) is 19.9 Å². The normalized spacial score (nSPS) is 10.1. The van der Waals surface area contributed by atoms with E-state index in [0.29, 0.717) is 18.4 Å². The van der Waals surface area contributed by atoms with Crippen LogP contribution in [0.4, 0.5) is 11.9 Å². The van der Waals surface area contributed by atoms with Gasteiger partial charge >= 0.3 is 0 Å². The molecule has 1 rings (SSSR count). The molecule has 5 nitrogen and oxygen atoms in total. The van der Waals surface area contributed by atoms with E-state index in [0.717, 1.165) is 0 Å². The highest BCUT2D eigenvalue weighted by Crippen LogP contribution is 2.09. The lowest BCUT2D eigenvalue weighted by Gasteiger charge is -2.09. The summed E-state index contributed by atoms with van der Waals surface area (Å²) >= 11 is 5.74. The molecule has 6 heteroatoms. The van der Waals surface area contributed by atoms with E-state index in [2.05, 4.69) is 32.2 Å². The molecule has 0 aliphatic carbocycles. The molecule has 1 aromatic rings.